The van der Waals surface area contributed by atoms with Gasteiger partial charge < -0.3 is 9.84 Å². The molecule has 5 aromatic rings. The Kier molecular flexibility index (Phi) is 6.67. The average molecular weight is 474 g/mol. The highest BCUT2D eigenvalue weighted by Gasteiger charge is 2.11. The number of nitrogens with zero attached hydrogens (tertiary/aromatic N) is 3. The molecule has 0 fully saturated rings. The minimum Gasteiger partial charge on any atom is -0.489 e. The quantitative estimate of drug-likeness (QED) is 0.283. The van der Waals surface area contributed by atoms with Crippen molar-refractivity contribution >= 4 is 18.1 Å². The normalized spacial score (nSPS) is 11.0. The van der Waals surface area contributed by atoms with Gasteiger partial charge in [-0.05, 0) is 66.2 Å². The Balaban J connectivity index is 1.44. The summed E-state index contributed by atoms with van der Waals surface area (Å²) in [6, 6.07) is 30.8. The maximum Gasteiger partial charge on any atom is 0.335 e. The lowest BCUT2D eigenvalue weighted by Gasteiger charge is -2.07. The Morgan fingerprint density at radius 3 is 2.33 bits per heavy atom. The van der Waals surface area contributed by atoms with Gasteiger partial charge in [0.1, 0.15) is 12.4 Å². The molecular formula is C30H23N3O3. The fourth-order valence-corrected chi connectivity index (χ4v) is 3.74. The third-order valence-corrected chi connectivity index (χ3v) is 5.60. The highest BCUT2D eigenvalue weighted by molar-refractivity contribution is 5.88. The number of carboxylic acid groups (broad SMARTS) is 1. The molecule has 0 radical (unpaired) electrons. The monoisotopic (exact) mass is 473 g/mol. The van der Waals surface area contributed by atoms with Crippen LogP contribution in [0, 0.1) is 0 Å². The second-order valence-electron chi connectivity index (χ2n) is 8.12. The fourth-order valence-electron chi connectivity index (χ4n) is 3.74. The maximum absolute atomic E-state index is 11.3. The Hall–Kier alpha value is -4.97. The third kappa shape index (κ3) is 5.39. The van der Waals surface area contributed by atoms with Gasteiger partial charge in [0.15, 0.2) is 0 Å². The van der Waals surface area contributed by atoms with Crippen LogP contribution in [0.4, 0.5) is 0 Å². The van der Waals surface area contributed by atoms with E-state index in [4.69, 9.17) is 9.84 Å². The molecule has 0 amide bonds. The smallest absolute Gasteiger partial charge is 0.335 e. The van der Waals surface area contributed by atoms with Crippen LogP contribution in [0.2, 0.25) is 0 Å². The highest BCUT2D eigenvalue weighted by Crippen LogP contribution is 2.27. The van der Waals surface area contributed by atoms with Gasteiger partial charge in [-0.3, -0.25) is 4.98 Å². The SMILES string of the molecule is O=C(O)c1ccnc(/C=C/c2cn(-c3ccccc3)nc2-c2ccc(OCc3ccccc3)cc2)c1. The first-order valence-corrected chi connectivity index (χ1v) is 11.5. The van der Waals surface area contributed by atoms with Crippen molar-refractivity contribution in [2.24, 2.45) is 0 Å². The standard InChI is InChI=1S/C30H23N3O3/c34-30(35)24-17-18-31-26(19-24)14-11-25-20-33(27-9-5-2-6-10-27)32-29(25)23-12-15-28(16-13-23)36-21-22-7-3-1-4-8-22/h1-20H,21H2,(H,34,35)/b14-11+. The summed E-state index contributed by atoms with van der Waals surface area (Å²) in [6.45, 7) is 0.499. The van der Waals surface area contributed by atoms with Crippen LogP contribution >= 0.6 is 0 Å². The van der Waals surface area contributed by atoms with Crippen molar-refractivity contribution in [2.45, 2.75) is 6.61 Å². The average Bonchev–Trinajstić information content (AvgIpc) is 3.36. The van der Waals surface area contributed by atoms with Gasteiger partial charge in [-0.25, -0.2) is 9.48 Å². The van der Waals surface area contributed by atoms with Gasteiger partial charge in [0.25, 0.3) is 0 Å². The number of pyridine rings is 1. The van der Waals surface area contributed by atoms with E-state index in [1.54, 1.807) is 12.1 Å². The lowest BCUT2D eigenvalue weighted by Crippen LogP contribution is -1.96. The number of benzene rings is 3. The first kappa shape index (κ1) is 22.8. The van der Waals surface area contributed by atoms with Crippen LogP contribution < -0.4 is 4.74 Å². The van der Waals surface area contributed by atoms with E-state index in [2.05, 4.69) is 4.98 Å². The topological polar surface area (TPSA) is 77.2 Å². The molecule has 0 saturated heterocycles. The zero-order chi connectivity index (χ0) is 24.7. The summed E-state index contributed by atoms with van der Waals surface area (Å²) in [5.74, 6) is -0.212. The van der Waals surface area contributed by atoms with E-state index >= 15 is 0 Å². The maximum atomic E-state index is 11.3. The summed E-state index contributed by atoms with van der Waals surface area (Å²) >= 11 is 0. The number of carboxylic acids is 1. The van der Waals surface area contributed by atoms with Crippen LogP contribution in [0.15, 0.2) is 109 Å². The summed E-state index contributed by atoms with van der Waals surface area (Å²) in [5, 5.41) is 14.1. The molecule has 6 heteroatoms. The van der Waals surface area contributed by atoms with Crippen molar-refractivity contribution in [3.8, 4) is 22.7 Å². The van der Waals surface area contributed by atoms with E-state index in [9.17, 15) is 9.90 Å². The molecule has 5 rings (SSSR count). The molecule has 0 atom stereocenters. The summed E-state index contributed by atoms with van der Waals surface area (Å²) < 4.78 is 7.76. The van der Waals surface area contributed by atoms with Gasteiger partial charge in [-0.1, -0.05) is 48.5 Å². The van der Waals surface area contributed by atoms with Gasteiger partial charge >= 0.3 is 5.97 Å². The second kappa shape index (κ2) is 10.5. The molecule has 0 aliphatic heterocycles. The summed E-state index contributed by atoms with van der Waals surface area (Å²) in [4.78, 5) is 15.6. The molecular weight excluding hydrogens is 450 g/mol. The van der Waals surface area contributed by atoms with Crippen molar-refractivity contribution in [2.75, 3.05) is 0 Å². The molecule has 1 N–H and O–H groups in total. The number of rotatable bonds is 8. The summed E-state index contributed by atoms with van der Waals surface area (Å²) in [7, 11) is 0. The van der Waals surface area contributed by atoms with E-state index in [1.165, 1.54) is 12.3 Å². The number of hydrogen-bond donors (Lipinski definition) is 1. The third-order valence-electron chi connectivity index (χ3n) is 5.60. The number of aromatic carboxylic acids is 1. The predicted octanol–water partition coefficient (Wildman–Crippen LogP) is 6.38. The number of aromatic nitrogens is 3. The summed E-state index contributed by atoms with van der Waals surface area (Å²) in [5.41, 5.74) is 5.39. The Morgan fingerprint density at radius 2 is 1.61 bits per heavy atom. The van der Waals surface area contributed by atoms with E-state index in [0.717, 1.165) is 33.8 Å². The molecule has 0 saturated carbocycles. The Labute approximate surface area is 208 Å². The van der Waals surface area contributed by atoms with Crippen LogP contribution in [-0.2, 0) is 6.61 Å². The van der Waals surface area contributed by atoms with E-state index in [-0.39, 0.29) is 5.56 Å². The van der Waals surface area contributed by atoms with E-state index < -0.39 is 5.97 Å². The zero-order valence-electron chi connectivity index (χ0n) is 19.4. The number of ether oxygens (including phenoxy) is 1. The van der Waals surface area contributed by atoms with Crippen LogP contribution in [0.25, 0.3) is 29.1 Å². The fraction of sp³-hybridized carbons (Fsp3) is 0.0333. The van der Waals surface area contributed by atoms with Gasteiger partial charge in [0.2, 0.25) is 0 Å². The van der Waals surface area contributed by atoms with Gasteiger partial charge in [-0.15, -0.1) is 0 Å². The predicted molar refractivity (Wildman–Crippen MR) is 140 cm³/mol. The number of hydrogen-bond acceptors (Lipinski definition) is 4. The van der Waals surface area contributed by atoms with Crippen LogP contribution in [-0.4, -0.2) is 25.8 Å². The summed E-state index contributed by atoms with van der Waals surface area (Å²) in [6.07, 6.45) is 7.13. The molecule has 176 valence electrons. The second-order valence-corrected chi connectivity index (χ2v) is 8.12. The minimum absolute atomic E-state index is 0.191. The van der Waals surface area contributed by atoms with Crippen molar-refractivity contribution in [3.63, 3.8) is 0 Å². The Bertz CT molecular complexity index is 1490. The molecule has 6 nitrogen and oxygen atoms in total. The van der Waals surface area contributed by atoms with Crippen molar-refractivity contribution in [3.05, 3.63) is 132 Å². The molecule has 0 spiro atoms. The first-order chi connectivity index (χ1) is 17.7. The Morgan fingerprint density at radius 1 is 0.889 bits per heavy atom. The zero-order valence-corrected chi connectivity index (χ0v) is 19.4. The van der Waals surface area contributed by atoms with Crippen molar-refractivity contribution < 1.29 is 14.6 Å². The van der Waals surface area contributed by atoms with Crippen LogP contribution in [0.3, 0.4) is 0 Å². The van der Waals surface area contributed by atoms with Gasteiger partial charge in [0, 0.05) is 23.5 Å². The van der Waals surface area contributed by atoms with E-state index in [1.807, 2.05) is 102 Å². The molecule has 2 aromatic heterocycles. The number of para-hydroxylation sites is 1. The lowest BCUT2D eigenvalue weighted by atomic mass is 10.1. The van der Waals surface area contributed by atoms with Crippen molar-refractivity contribution in [1.29, 1.82) is 0 Å². The molecule has 2 heterocycles. The largest absolute Gasteiger partial charge is 0.489 e. The highest BCUT2D eigenvalue weighted by atomic mass is 16.5. The number of carbonyl (C=O) groups is 1. The molecule has 0 unspecified atom stereocenters. The lowest BCUT2D eigenvalue weighted by molar-refractivity contribution is 0.0696. The first-order valence-electron chi connectivity index (χ1n) is 11.5. The molecule has 0 aliphatic carbocycles. The van der Waals surface area contributed by atoms with Gasteiger partial charge in [0.05, 0.1) is 22.6 Å². The van der Waals surface area contributed by atoms with Gasteiger partial charge in [-0.2, -0.15) is 5.10 Å². The molecule has 36 heavy (non-hydrogen) atoms. The van der Waals surface area contributed by atoms with Crippen LogP contribution in [0.1, 0.15) is 27.2 Å². The molecule has 0 bridgehead atoms. The minimum atomic E-state index is -0.987. The molecule has 0 aliphatic rings. The van der Waals surface area contributed by atoms with Crippen molar-refractivity contribution in [1.82, 2.24) is 14.8 Å². The molecule has 3 aromatic carbocycles. The van der Waals surface area contributed by atoms with E-state index in [0.29, 0.717) is 12.3 Å². The van der Waals surface area contributed by atoms with Crippen LogP contribution in [0.5, 0.6) is 5.75 Å².